The third-order valence-electron chi connectivity index (χ3n) is 3.92. The fourth-order valence-corrected chi connectivity index (χ4v) is 2.88. The molecule has 4 nitrogen and oxygen atoms in total. The van der Waals surface area contributed by atoms with Crippen LogP contribution in [0.2, 0.25) is 5.02 Å². The number of carboxylic acid groups (broad SMARTS) is 1. The highest BCUT2D eigenvalue weighted by Gasteiger charge is 2.28. The van der Waals surface area contributed by atoms with E-state index >= 15 is 0 Å². The molecule has 0 saturated heterocycles. The Labute approximate surface area is 124 Å². The van der Waals surface area contributed by atoms with E-state index in [1.54, 1.807) is 12.3 Å². The molecule has 1 aliphatic rings. The van der Waals surface area contributed by atoms with Gasteiger partial charge in [-0.15, -0.1) is 0 Å². The maximum Gasteiger partial charge on any atom is 0.308 e. The third-order valence-corrected chi connectivity index (χ3v) is 4.14. The lowest BCUT2D eigenvalue weighted by atomic mass is 9.87. The van der Waals surface area contributed by atoms with Gasteiger partial charge in [0.25, 0.3) is 0 Å². The zero-order valence-electron chi connectivity index (χ0n) is 11.5. The minimum absolute atomic E-state index is 0.0327. The second-order valence-electron chi connectivity index (χ2n) is 5.39. The molecule has 20 heavy (non-hydrogen) atoms. The van der Waals surface area contributed by atoms with E-state index in [2.05, 4.69) is 10.3 Å². The molecule has 2 rings (SSSR count). The van der Waals surface area contributed by atoms with Gasteiger partial charge >= 0.3 is 5.97 Å². The zero-order chi connectivity index (χ0) is 14.4. The van der Waals surface area contributed by atoms with Gasteiger partial charge in [0.05, 0.1) is 16.6 Å². The summed E-state index contributed by atoms with van der Waals surface area (Å²) in [5, 5.41) is 13.4. The highest BCUT2D eigenvalue weighted by Crippen LogP contribution is 2.23. The first kappa shape index (κ1) is 15.3. The predicted octanol–water partition coefficient (Wildman–Crippen LogP) is 3.25. The summed E-state index contributed by atoms with van der Waals surface area (Å²) in [7, 11) is 0. The van der Waals surface area contributed by atoms with E-state index in [1.807, 2.05) is 6.07 Å². The van der Waals surface area contributed by atoms with Gasteiger partial charge in [0.15, 0.2) is 0 Å². The van der Waals surface area contributed by atoms with Gasteiger partial charge in [0, 0.05) is 18.8 Å². The van der Waals surface area contributed by atoms with Gasteiger partial charge in [0.2, 0.25) is 0 Å². The summed E-state index contributed by atoms with van der Waals surface area (Å²) in [6.07, 6.45) is 7.75. The van der Waals surface area contributed by atoms with Crippen LogP contribution in [0.25, 0.3) is 0 Å². The number of nitrogens with zero attached hydrogens (tertiary/aromatic N) is 1. The highest BCUT2D eigenvalue weighted by molar-refractivity contribution is 6.30. The van der Waals surface area contributed by atoms with Crippen molar-refractivity contribution in [1.29, 1.82) is 0 Å². The van der Waals surface area contributed by atoms with Crippen molar-refractivity contribution in [1.82, 2.24) is 10.3 Å². The van der Waals surface area contributed by atoms with E-state index in [4.69, 9.17) is 11.6 Å². The quantitative estimate of drug-likeness (QED) is 0.895. The first-order valence-corrected chi connectivity index (χ1v) is 7.61. The largest absolute Gasteiger partial charge is 0.481 e. The molecular formula is C15H21ClN2O2. The lowest BCUT2D eigenvalue weighted by molar-refractivity contribution is -0.143. The summed E-state index contributed by atoms with van der Waals surface area (Å²) in [6, 6.07) is 3.71. The number of halogens is 1. The number of rotatable bonds is 4. The van der Waals surface area contributed by atoms with Crippen molar-refractivity contribution in [2.24, 2.45) is 5.92 Å². The topological polar surface area (TPSA) is 62.2 Å². The van der Waals surface area contributed by atoms with E-state index < -0.39 is 5.97 Å². The molecule has 0 spiro atoms. The second-order valence-corrected chi connectivity index (χ2v) is 5.83. The van der Waals surface area contributed by atoms with Crippen LogP contribution < -0.4 is 5.32 Å². The predicted molar refractivity (Wildman–Crippen MR) is 78.7 cm³/mol. The molecule has 2 atom stereocenters. The fourth-order valence-electron chi connectivity index (χ4n) is 2.77. The molecule has 1 heterocycles. The standard InChI is InChI=1S/C15H21ClN2O2/c16-11-7-8-12(17-9-11)10-18-14-6-4-2-1-3-5-13(14)15(19)20/h7-9,13-14,18H,1-6,10H2,(H,19,20)/t13-,14+/m1/s1. The molecule has 0 unspecified atom stereocenters. The van der Waals surface area contributed by atoms with Crippen LogP contribution in [0.1, 0.15) is 44.2 Å². The maximum absolute atomic E-state index is 11.4. The number of aliphatic carboxylic acids is 1. The SMILES string of the molecule is O=C(O)[C@@H]1CCCCCC[C@@H]1NCc1ccc(Cl)cn1. The molecular weight excluding hydrogens is 276 g/mol. The monoisotopic (exact) mass is 296 g/mol. The van der Waals surface area contributed by atoms with Crippen molar-refractivity contribution >= 4 is 17.6 Å². The number of carboxylic acids is 1. The molecule has 0 amide bonds. The Balaban J connectivity index is 1.95. The van der Waals surface area contributed by atoms with Crippen LogP contribution in [0.3, 0.4) is 0 Å². The Kier molecular flexibility index (Phi) is 5.80. The molecule has 1 aromatic rings. The Morgan fingerprint density at radius 3 is 2.70 bits per heavy atom. The van der Waals surface area contributed by atoms with Crippen LogP contribution in [-0.2, 0) is 11.3 Å². The molecule has 1 aliphatic carbocycles. The average molecular weight is 297 g/mol. The summed E-state index contributed by atoms with van der Waals surface area (Å²) in [5.74, 6) is -0.976. The van der Waals surface area contributed by atoms with E-state index in [9.17, 15) is 9.90 Å². The van der Waals surface area contributed by atoms with Gasteiger partial charge in [-0.05, 0) is 25.0 Å². The normalized spacial score (nSPS) is 23.9. The molecule has 0 aliphatic heterocycles. The van der Waals surface area contributed by atoms with Crippen LogP contribution in [0.4, 0.5) is 0 Å². The third kappa shape index (κ3) is 4.46. The van der Waals surface area contributed by atoms with E-state index in [0.717, 1.165) is 37.8 Å². The molecule has 5 heteroatoms. The number of nitrogens with one attached hydrogen (secondary N) is 1. The first-order valence-electron chi connectivity index (χ1n) is 7.23. The van der Waals surface area contributed by atoms with Crippen LogP contribution in [0.15, 0.2) is 18.3 Å². The number of hydrogen-bond acceptors (Lipinski definition) is 3. The van der Waals surface area contributed by atoms with Crippen LogP contribution in [0, 0.1) is 5.92 Å². The Hall–Kier alpha value is -1.13. The fraction of sp³-hybridized carbons (Fsp3) is 0.600. The summed E-state index contributed by atoms with van der Waals surface area (Å²) >= 11 is 5.80. The molecule has 0 bridgehead atoms. The Morgan fingerprint density at radius 2 is 2.05 bits per heavy atom. The van der Waals surface area contributed by atoms with E-state index in [0.29, 0.717) is 11.6 Å². The summed E-state index contributed by atoms with van der Waals surface area (Å²) in [6.45, 7) is 0.589. The first-order chi connectivity index (χ1) is 9.66. The van der Waals surface area contributed by atoms with Crippen LogP contribution in [-0.4, -0.2) is 22.1 Å². The van der Waals surface area contributed by atoms with Crippen LogP contribution >= 0.6 is 11.6 Å². The highest BCUT2D eigenvalue weighted by atomic mass is 35.5. The number of hydrogen-bond donors (Lipinski definition) is 2. The molecule has 0 aromatic carbocycles. The van der Waals surface area contributed by atoms with Gasteiger partial charge in [-0.25, -0.2) is 0 Å². The van der Waals surface area contributed by atoms with Gasteiger partial charge in [-0.3, -0.25) is 9.78 Å². The lowest BCUT2D eigenvalue weighted by Crippen LogP contribution is -2.40. The molecule has 110 valence electrons. The van der Waals surface area contributed by atoms with Crippen molar-refractivity contribution in [3.63, 3.8) is 0 Å². The van der Waals surface area contributed by atoms with Gasteiger partial charge in [-0.1, -0.05) is 37.3 Å². The number of pyridine rings is 1. The van der Waals surface area contributed by atoms with E-state index in [-0.39, 0.29) is 12.0 Å². The smallest absolute Gasteiger partial charge is 0.308 e. The van der Waals surface area contributed by atoms with Crippen molar-refractivity contribution in [2.75, 3.05) is 0 Å². The molecule has 1 saturated carbocycles. The van der Waals surface area contributed by atoms with Gasteiger partial charge in [-0.2, -0.15) is 0 Å². The summed E-state index contributed by atoms with van der Waals surface area (Å²) in [5.41, 5.74) is 0.889. The van der Waals surface area contributed by atoms with Crippen molar-refractivity contribution in [3.05, 3.63) is 29.0 Å². The van der Waals surface area contributed by atoms with Gasteiger partial charge < -0.3 is 10.4 Å². The second kappa shape index (κ2) is 7.60. The minimum atomic E-state index is -0.687. The minimum Gasteiger partial charge on any atom is -0.481 e. The lowest BCUT2D eigenvalue weighted by Gasteiger charge is -2.27. The van der Waals surface area contributed by atoms with Crippen molar-refractivity contribution < 1.29 is 9.90 Å². The maximum atomic E-state index is 11.4. The summed E-state index contributed by atoms with van der Waals surface area (Å²) < 4.78 is 0. The number of carbonyl (C=O) groups is 1. The number of aromatic nitrogens is 1. The molecule has 1 aromatic heterocycles. The summed E-state index contributed by atoms with van der Waals surface area (Å²) in [4.78, 5) is 15.6. The van der Waals surface area contributed by atoms with Gasteiger partial charge in [0.1, 0.15) is 0 Å². The molecule has 1 fully saturated rings. The van der Waals surface area contributed by atoms with Crippen molar-refractivity contribution in [2.45, 2.75) is 51.1 Å². The van der Waals surface area contributed by atoms with Crippen molar-refractivity contribution in [3.8, 4) is 0 Å². The van der Waals surface area contributed by atoms with E-state index in [1.165, 1.54) is 6.42 Å². The molecule has 2 N–H and O–H groups in total. The Bertz CT molecular complexity index is 436. The van der Waals surface area contributed by atoms with Crippen LogP contribution in [0.5, 0.6) is 0 Å². The molecule has 0 radical (unpaired) electrons. The zero-order valence-corrected chi connectivity index (χ0v) is 12.3. The Morgan fingerprint density at radius 1 is 1.30 bits per heavy atom. The average Bonchev–Trinajstić information content (AvgIpc) is 2.39.